The molecule has 232 valence electrons. The Balaban J connectivity index is 0.000000267. The van der Waals surface area contributed by atoms with Crippen LogP contribution in [0.25, 0.3) is 28.4 Å². The molecule has 0 spiro atoms. The van der Waals surface area contributed by atoms with Crippen molar-refractivity contribution in [2.45, 2.75) is 66.0 Å². The molecule has 0 aliphatic carbocycles. The third-order valence-electron chi connectivity index (χ3n) is 5.82. The van der Waals surface area contributed by atoms with Crippen LogP contribution >= 0.6 is 0 Å². The van der Waals surface area contributed by atoms with Crippen molar-refractivity contribution in [3.05, 3.63) is 71.0 Å². The van der Waals surface area contributed by atoms with Crippen LogP contribution in [0.15, 0.2) is 59.9 Å². The van der Waals surface area contributed by atoms with Crippen molar-refractivity contribution >= 4 is 35.1 Å². The average molecular weight is 593 g/mol. The van der Waals surface area contributed by atoms with Gasteiger partial charge in [-0.25, -0.2) is 14.6 Å². The summed E-state index contributed by atoms with van der Waals surface area (Å²) in [4.78, 5) is 55.8. The Kier molecular flexibility index (Phi) is 13.1. The smallest absolute Gasteiger partial charge is 0.408 e. The molecule has 2 heterocycles. The third-order valence-corrected chi connectivity index (χ3v) is 5.82. The molecule has 10 heteroatoms. The summed E-state index contributed by atoms with van der Waals surface area (Å²) in [7, 11) is 1.29. The molecule has 43 heavy (non-hydrogen) atoms. The predicted molar refractivity (Wildman–Crippen MR) is 169 cm³/mol. The normalized spacial score (nSPS) is 14.1. The van der Waals surface area contributed by atoms with Gasteiger partial charge in [-0.15, -0.1) is 0 Å². The minimum absolute atomic E-state index is 0.181. The Morgan fingerprint density at radius 2 is 1.81 bits per heavy atom. The van der Waals surface area contributed by atoms with E-state index in [0.29, 0.717) is 18.7 Å². The van der Waals surface area contributed by atoms with Gasteiger partial charge in [0, 0.05) is 12.1 Å². The van der Waals surface area contributed by atoms with Crippen molar-refractivity contribution in [2.75, 3.05) is 20.2 Å². The quantitative estimate of drug-likeness (QED) is 0.370. The topological polar surface area (TPSA) is 131 Å². The lowest BCUT2D eigenvalue weighted by Gasteiger charge is -2.23. The highest BCUT2D eigenvalue weighted by atomic mass is 16.6. The Morgan fingerprint density at radius 1 is 1.14 bits per heavy atom. The van der Waals surface area contributed by atoms with Crippen LogP contribution in [0.4, 0.5) is 4.79 Å². The van der Waals surface area contributed by atoms with E-state index < -0.39 is 23.7 Å². The molecule has 0 radical (unpaired) electrons. The maximum Gasteiger partial charge on any atom is 0.408 e. The zero-order valence-electron chi connectivity index (χ0n) is 26.2. The van der Waals surface area contributed by atoms with E-state index in [-0.39, 0.29) is 18.0 Å². The van der Waals surface area contributed by atoms with Crippen molar-refractivity contribution in [3.8, 4) is 11.3 Å². The predicted octanol–water partition coefficient (Wildman–Crippen LogP) is 5.57. The minimum Gasteiger partial charge on any atom is -0.467 e. The van der Waals surface area contributed by atoms with Crippen LogP contribution < -0.4 is 10.9 Å². The van der Waals surface area contributed by atoms with Crippen LogP contribution in [0, 0.1) is 5.92 Å². The largest absolute Gasteiger partial charge is 0.467 e. The van der Waals surface area contributed by atoms with Gasteiger partial charge in [0.05, 0.1) is 18.1 Å². The number of rotatable bonds is 5. The molecule has 1 fully saturated rings. The summed E-state index contributed by atoms with van der Waals surface area (Å²) in [5.41, 5.74) is 2.92. The Hall–Kier alpha value is -4.47. The van der Waals surface area contributed by atoms with Crippen LogP contribution in [0.5, 0.6) is 0 Å². The summed E-state index contributed by atoms with van der Waals surface area (Å²) in [6, 6.07) is 14.6. The van der Waals surface area contributed by atoms with E-state index in [4.69, 9.17) is 4.74 Å². The van der Waals surface area contributed by atoms with Crippen molar-refractivity contribution in [1.82, 2.24) is 20.2 Å². The Labute approximate surface area is 253 Å². The first-order valence-electron chi connectivity index (χ1n) is 14.3. The fourth-order valence-corrected chi connectivity index (χ4v) is 4.05. The molecule has 1 unspecified atom stereocenters. The molecule has 4 rings (SSSR count). The van der Waals surface area contributed by atoms with Gasteiger partial charge in [0.2, 0.25) is 5.91 Å². The highest BCUT2D eigenvalue weighted by molar-refractivity contribution is 5.87. The second kappa shape index (κ2) is 16.2. The van der Waals surface area contributed by atoms with E-state index in [9.17, 15) is 19.2 Å². The van der Waals surface area contributed by atoms with Gasteiger partial charge in [0.1, 0.15) is 23.9 Å². The van der Waals surface area contributed by atoms with Crippen LogP contribution in [0.1, 0.15) is 59.9 Å². The lowest BCUT2D eigenvalue weighted by Crippen LogP contribution is -2.46. The average Bonchev–Trinajstić information content (AvgIpc) is 3.44. The number of esters is 1. The second-order valence-corrected chi connectivity index (χ2v) is 11.6. The molecule has 1 saturated heterocycles. The van der Waals surface area contributed by atoms with Crippen LogP contribution in [-0.4, -0.2) is 64.7 Å². The number of carbonyl (C=O) groups is 3. The van der Waals surface area contributed by atoms with E-state index >= 15 is 0 Å². The molecule has 0 saturated carbocycles. The number of aromatic amines is 1. The number of fused-ring (bicyclic) bond motifs is 1. The summed E-state index contributed by atoms with van der Waals surface area (Å²) in [6.07, 6.45) is 2.43. The highest BCUT2D eigenvalue weighted by Crippen LogP contribution is 2.19. The zero-order valence-corrected chi connectivity index (χ0v) is 26.2. The molecule has 10 nitrogen and oxygen atoms in total. The summed E-state index contributed by atoms with van der Waals surface area (Å²) >= 11 is 0. The minimum atomic E-state index is -0.653. The van der Waals surface area contributed by atoms with Gasteiger partial charge in [0.25, 0.3) is 5.56 Å². The number of para-hydroxylation sites is 2. The number of H-pyrrole nitrogens is 1. The standard InChI is InChI=1S/C16H12N2O.C13H22N2O5.C4H10/c1-2-11-6-5-7-12(10-11)15-16(19)18-14-9-4-3-8-13(14)17-15;1-13(2,3)20-12(18)14-8-10(16)15-7-5-6-9(15)11(17)19-4;1-4(2)3/h2-10H,1H2,(H,18,19);9H,5-8H2,1-4H3,(H,14,18);4H,1-3H3. The number of benzene rings is 2. The van der Waals surface area contributed by atoms with Crippen molar-refractivity contribution in [1.29, 1.82) is 0 Å². The van der Waals surface area contributed by atoms with E-state index in [0.717, 1.165) is 34.5 Å². The summed E-state index contributed by atoms with van der Waals surface area (Å²) in [5, 5.41) is 2.39. The Morgan fingerprint density at radius 3 is 2.44 bits per heavy atom. The first kappa shape index (κ1) is 34.7. The highest BCUT2D eigenvalue weighted by Gasteiger charge is 2.34. The van der Waals surface area contributed by atoms with Crippen molar-refractivity contribution < 1.29 is 23.9 Å². The molecule has 1 aliphatic rings. The molecule has 2 N–H and O–H groups in total. The number of nitrogens with zero attached hydrogens (tertiary/aromatic N) is 2. The zero-order chi connectivity index (χ0) is 32.2. The van der Waals surface area contributed by atoms with E-state index in [1.165, 1.54) is 12.0 Å². The molecule has 2 amide bonds. The number of hydrogen-bond acceptors (Lipinski definition) is 7. The van der Waals surface area contributed by atoms with Gasteiger partial charge in [0.15, 0.2) is 0 Å². The van der Waals surface area contributed by atoms with Gasteiger partial charge < -0.3 is 24.7 Å². The lowest BCUT2D eigenvalue weighted by atomic mass is 10.1. The first-order valence-corrected chi connectivity index (χ1v) is 14.3. The van der Waals surface area contributed by atoms with E-state index in [2.05, 4.69) is 47.4 Å². The number of ether oxygens (including phenoxy) is 2. The number of alkyl carbamates (subject to hydrolysis) is 1. The molecule has 1 aliphatic heterocycles. The van der Waals surface area contributed by atoms with Gasteiger partial charge in [-0.05, 0) is 63.3 Å². The van der Waals surface area contributed by atoms with Crippen LogP contribution in [-0.2, 0) is 19.1 Å². The summed E-state index contributed by atoms with van der Waals surface area (Å²) < 4.78 is 9.69. The maximum atomic E-state index is 12.1. The SMILES string of the molecule is C=Cc1cccc(-c2nc3ccccc3[nH]c2=O)c1.CC(C)C.COC(=O)C1CCCN1C(=O)CNC(=O)OC(C)(C)C. The monoisotopic (exact) mass is 592 g/mol. The molecule has 1 atom stereocenters. The van der Waals surface area contributed by atoms with E-state index in [1.54, 1.807) is 26.8 Å². The Bertz CT molecular complexity index is 1450. The first-order chi connectivity index (χ1) is 20.2. The van der Waals surface area contributed by atoms with Crippen LogP contribution in [0.2, 0.25) is 0 Å². The number of nitrogens with one attached hydrogen (secondary N) is 2. The molecular formula is C33H44N4O6. The molecular weight excluding hydrogens is 548 g/mol. The van der Waals surface area contributed by atoms with Gasteiger partial charge in [-0.1, -0.05) is 63.8 Å². The summed E-state index contributed by atoms with van der Waals surface area (Å²) in [5.74, 6) is 0.0943. The number of hydrogen-bond donors (Lipinski definition) is 2. The summed E-state index contributed by atoms with van der Waals surface area (Å²) in [6.45, 7) is 15.7. The van der Waals surface area contributed by atoms with Gasteiger partial charge in [-0.3, -0.25) is 9.59 Å². The maximum absolute atomic E-state index is 12.1. The number of aromatic nitrogens is 2. The molecule has 3 aromatic rings. The number of methoxy groups -OCH3 is 1. The second-order valence-electron chi connectivity index (χ2n) is 11.6. The molecule has 0 bridgehead atoms. The number of amides is 2. The van der Waals surface area contributed by atoms with Crippen molar-refractivity contribution in [2.24, 2.45) is 5.92 Å². The van der Waals surface area contributed by atoms with Gasteiger partial charge >= 0.3 is 12.1 Å². The third kappa shape index (κ3) is 11.4. The fourth-order valence-electron chi connectivity index (χ4n) is 4.05. The lowest BCUT2D eigenvalue weighted by molar-refractivity contribution is -0.150. The molecule has 2 aromatic carbocycles. The number of likely N-dealkylation sites (tertiary alicyclic amines) is 1. The fraction of sp³-hybridized carbons (Fsp3) is 0.424. The molecule has 1 aromatic heterocycles. The van der Waals surface area contributed by atoms with Crippen LogP contribution in [0.3, 0.4) is 0 Å². The van der Waals surface area contributed by atoms with Gasteiger partial charge in [-0.2, -0.15) is 0 Å². The number of carbonyl (C=O) groups excluding carboxylic acids is 3. The van der Waals surface area contributed by atoms with E-state index in [1.807, 2.05) is 48.5 Å². The van der Waals surface area contributed by atoms with Crippen molar-refractivity contribution in [3.63, 3.8) is 0 Å².